The molecule has 45 heavy (non-hydrogen) atoms. The fraction of sp³-hybridized carbons (Fsp3) is 0.0667. The summed E-state index contributed by atoms with van der Waals surface area (Å²) in [5.74, 6) is 0. The lowest BCUT2D eigenvalue weighted by Crippen LogP contribution is -2.10. The molecule has 0 aliphatic carbocycles. The van der Waals surface area contributed by atoms with Gasteiger partial charge in [-0.15, -0.1) is 0 Å². The summed E-state index contributed by atoms with van der Waals surface area (Å²) in [4.78, 5) is 52.3. The van der Waals surface area contributed by atoms with Gasteiger partial charge >= 0.3 is 18.5 Å². The lowest BCUT2D eigenvalue weighted by Gasteiger charge is -2.10. The number of halogens is 1. The summed E-state index contributed by atoms with van der Waals surface area (Å²) >= 11 is 4.17. The summed E-state index contributed by atoms with van der Waals surface area (Å²) < 4.78 is 9.61. The zero-order valence-corrected chi connectivity index (χ0v) is 28.0. The van der Waals surface area contributed by atoms with E-state index in [4.69, 9.17) is 8.37 Å². The van der Waals surface area contributed by atoms with Crippen LogP contribution in [0.3, 0.4) is 0 Å². The van der Waals surface area contributed by atoms with Crippen molar-refractivity contribution in [3.05, 3.63) is 119 Å². The Morgan fingerprint density at radius 1 is 0.667 bits per heavy atom. The average molecular weight is 768 g/mol. The maximum atomic E-state index is 12.2. The van der Waals surface area contributed by atoms with Gasteiger partial charge in [0.25, 0.3) is 0 Å². The molecule has 0 spiro atoms. The van der Waals surface area contributed by atoms with E-state index in [0.717, 1.165) is 45.8 Å². The molecule has 4 aromatic rings. The van der Waals surface area contributed by atoms with Gasteiger partial charge in [0.15, 0.2) is 0 Å². The number of hydrogen-bond donors (Lipinski definition) is 2. The Bertz CT molecular complexity index is 1690. The summed E-state index contributed by atoms with van der Waals surface area (Å²) in [6, 6.07) is 29.4. The zero-order chi connectivity index (χ0) is 31.9. The summed E-state index contributed by atoms with van der Waals surface area (Å²) in [6.07, 6.45) is 3.67. The molecule has 2 N–H and O–H groups in total. The molecule has 0 aliphatic heterocycles. The van der Waals surface area contributed by atoms with Crippen LogP contribution in [0.1, 0.15) is 22.3 Å². The van der Waals surface area contributed by atoms with E-state index in [2.05, 4.69) is 42.7 Å². The van der Waals surface area contributed by atoms with Gasteiger partial charge in [-0.3, -0.25) is 10.6 Å². The van der Waals surface area contributed by atoms with Gasteiger partial charge in [0.1, 0.15) is 0 Å². The van der Waals surface area contributed by atoms with E-state index in [1.165, 1.54) is 12.2 Å². The molecule has 0 saturated heterocycles. The molecule has 0 aromatic heterocycles. The van der Waals surface area contributed by atoms with Crippen LogP contribution in [0.2, 0.25) is 0 Å². The highest BCUT2D eigenvalue weighted by molar-refractivity contribution is 14.2. The van der Waals surface area contributed by atoms with Crippen molar-refractivity contribution >= 4 is 104 Å². The molecule has 10 nitrogen and oxygen atoms in total. The normalized spacial score (nSPS) is 10.8. The fourth-order valence-electron chi connectivity index (χ4n) is 3.86. The van der Waals surface area contributed by atoms with Crippen LogP contribution in [0.4, 0.5) is 32.3 Å². The largest absolute Gasteiger partial charge is 0.424 e. The second-order valence-electron chi connectivity index (χ2n) is 9.12. The Labute approximate surface area is 282 Å². The number of amides is 2. The first kappa shape index (κ1) is 34.0. The van der Waals surface area contributed by atoms with Gasteiger partial charge in [0.2, 0.25) is 12.2 Å². The van der Waals surface area contributed by atoms with Crippen LogP contribution < -0.4 is 10.6 Å². The summed E-state index contributed by atoms with van der Waals surface area (Å²) in [5.41, 5.74) is 6.52. The second-order valence-corrected chi connectivity index (χ2v) is 18.7. The molecule has 0 radical (unpaired) electrons. The monoisotopic (exact) mass is 768 g/mol. The second kappa shape index (κ2) is 18.2. The van der Waals surface area contributed by atoms with Crippen LogP contribution >= 0.6 is 50.2 Å². The minimum Gasteiger partial charge on any atom is -0.387 e. The van der Waals surface area contributed by atoms with E-state index in [1.807, 2.05) is 48.5 Å². The standard InChI is InChI=1S/C30H23BIN4O6PS2/c32-43(45-42-30(40)36-28-15-7-24(8-16-28)18-22-3-11-26(12-4-22)34-20-38)31-44-41-29(39)35-27-13-5-23(6-14-27)17-21-1-9-25(10-2-21)33-19-37/h1-16,31H,17-18H2,(H,35,39)(H,36,40). The molecular weight excluding hydrogens is 745 g/mol. The molecule has 15 heteroatoms. The van der Waals surface area contributed by atoms with E-state index in [1.54, 1.807) is 48.5 Å². The minimum absolute atomic E-state index is 0.453. The van der Waals surface area contributed by atoms with E-state index in [0.29, 0.717) is 41.9 Å². The van der Waals surface area contributed by atoms with Gasteiger partial charge in [-0.2, -0.15) is 9.98 Å². The number of nitrogens with one attached hydrogen (secondary N) is 2. The molecule has 1 unspecified atom stereocenters. The molecule has 0 saturated carbocycles. The van der Waals surface area contributed by atoms with E-state index in [9.17, 15) is 19.2 Å². The predicted molar refractivity (Wildman–Crippen MR) is 190 cm³/mol. The Kier molecular flexibility index (Phi) is 13.7. The molecular formula is C30H23BIN4O6PS2. The van der Waals surface area contributed by atoms with Gasteiger partial charge in [0, 0.05) is 27.9 Å². The summed E-state index contributed by atoms with van der Waals surface area (Å²) in [7, 11) is 0. The van der Waals surface area contributed by atoms with Gasteiger partial charge in [0.05, 0.1) is 23.0 Å². The smallest absolute Gasteiger partial charge is 0.387 e. The Morgan fingerprint density at radius 2 is 1.04 bits per heavy atom. The maximum absolute atomic E-state index is 12.2. The number of carbonyl (C=O) groups is 2. The fourth-order valence-corrected chi connectivity index (χ4v) is 7.88. The van der Waals surface area contributed by atoms with Crippen molar-refractivity contribution in [3.8, 4) is 0 Å². The van der Waals surface area contributed by atoms with Crippen LogP contribution in [0.15, 0.2) is 107 Å². The van der Waals surface area contributed by atoms with Crippen LogP contribution in [0, 0.1) is 0 Å². The third-order valence-electron chi connectivity index (χ3n) is 5.92. The van der Waals surface area contributed by atoms with Crippen molar-refractivity contribution in [2.24, 2.45) is 9.98 Å². The number of aliphatic imine (C=N–C) groups is 2. The molecule has 4 rings (SSSR count). The first-order valence-corrected chi connectivity index (χ1v) is 19.7. The van der Waals surface area contributed by atoms with Gasteiger partial charge < -0.3 is 8.37 Å². The summed E-state index contributed by atoms with van der Waals surface area (Å²) in [6.45, 7) is 0. The number of anilines is 2. The molecule has 0 aliphatic rings. The van der Waals surface area contributed by atoms with Crippen LogP contribution in [0.25, 0.3) is 0 Å². The highest BCUT2D eigenvalue weighted by Gasteiger charge is 2.15. The van der Waals surface area contributed by atoms with E-state index >= 15 is 0 Å². The average Bonchev–Trinajstić information content (AvgIpc) is 3.04. The van der Waals surface area contributed by atoms with Crippen LogP contribution in [-0.4, -0.2) is 30.6 Å². The number of benzene rings is 4. The number of nitrogens with zero attached hydrogens (tertiary/aromatic N) is 2. The van der Waals surface area contributed by atoms with Crippen molar-refractivity contribution < 1.29 is 27.5 Å². The van der Waals surface area contributed by atoms with Crippen LogP contribution in [0.5, 0.6) is 0 Å². The van der Waals surface area contributed by atoms with Crippen molar-refractivity contribution in [2.75, 3.05) is 10.6 Å². The van der Waals surface area contributed by atoms with E-state index in [-0.39, 0.29) is 0 Å². The zero-order valence-electron chi connectivity index (χ0n) is 23.3. The molecule has 1 atom stereocenters. The van der Waals surface area contributed by atoms with Gasteiger partial charge in [-0.05, 0) is 106 Å². The third kappa shape index (κ3) is 12.2. The quantitative estimate of drug-likeness (QED) is 0.0344. The van der Waals surface area contributed by atoms with E-state index < -0.39 is 16.8 Å². The predicted octanol–water partition coefficient (Wildman–Crippen LogP) is 8.91. The molecule has 0 bridgehead atoms. The number of isocyanates is 2. The van der Waals surface area contributed by atoms with Crippen LogP contribution in [-0.2, 0) is 30.8 Å². The molecule has 2 amide bonds. The highest BCUT2D eigenvalue weighted by atomic mass is 127. The Hall–Kier alpha value is -3.90. The summed E-state index contributed by atoms with van der Waals surface area (Å²) in [5, 5.41) is 5.38. The molecule has 4 aromatic carbocycles. The van der Waals surface area contributed by atoms with Crippen molar-refractivity contribution in [3.63, 3.8) is 0 Å². The van der Waals surface area contributed by atoms with Gasteiger partial charge in [-0.1, -0.05) is 48.5 Å². The maximum Gasteiger partial charge on any atom is 0.424 e. The lowest BCUT2D eigenvalue weighted by molar-refractivity contribution is 0.222. The SMILES string of the molecule is O=C=Nc1ccc(Cc2ccc(NC(=O)OSBP(I)SOC(=O)Nc3ccc(Cc4ccc(N=C=O)cc4)cc3)cc2)cc1. The molecule has 0 heterocycles. The molecule has 0 fully saturated rings. The Balaban J connectivity index is 1.10. The van der Waals surface area contributed by atoms with Crippen molar-refractivity contribution in [2.45, 2.75) is 12.8 Å². The Morgan fingerprint density at radius 3 is 1.44 bits per heavy atom. The number of hydrogen-bond acceptors (Lipinski definition) is 10. The van der Waals surface area contributed by atoms with Crippen molar-refractivity contribution in [1.29, 1.82) is 0 Å². The number of rotatable bonds is 13. The number of carbonyl (C=O) groups excluding carboxylic acids is 4. The first-order chi connectivity index (χ1) is 21.9. The van der Waals surface area contributed by atoms with Gasteiger partial charge in [-0.25, -0.2) is 19.2 Å². The lowest BCUT2D eigenvalue weighted by atomic mass is 10.0. The minimum atomic E-state index is -0.841. The van der Waals surface area contributed by atoms with Crippen molar-refractivity contribution in [1.82, 2.24) is 0 Å². The highest BCUT2D eigenvalue weighted by Crippen LogP contribution is 2.58. The topological polar surface area (TPSA) is 136 Å². The molecule has 226 valence electrons. The third-order valence-corrected chi connectivity index (χ3v) is 13.4. The first-order valence-electron chi connectivity index (χ1n) is 13.1.